The van der Waals surface area contributed by atoms with Gasteiger partial charge in [-0.05, 0) is 55.2 Å². The number of nitrogens with one attached hydrogen (secondary N) is 2. The molecule has 0 aliphatic carbocycles. The van der Waals surface area contributed by atoms with E-state index in [1.165, 1.54) is 24.3 Å². The van der Waals surface area contributed by atoms with Crippen LogP contribution in [-0.2, 0) is 0 Å². The van der Waals surface area contributed by atoms with Gasteiger partial charge < -0.3 is 15.2 Å². The van der Waals surface area contributed by atoms with Crippen molar-refractivity contribution in [1.29, 1.82) is 0 Å². The number of hydrogen-bond acceptors (Lipinski definition) is 4. The van der Waals surface area contributed by atoms with Crippen LogP contribution in [0.15, 0.2) is 16.9 Å². The number of rotatable bonds is 4. The molecule has 0 unspecified atom stereocenters. The van der Waals surface area contributed by atoms with Crippen molar-refractivity contribution in [3.05, 3.63) is 33.7 Å². The van der Waals surface area contributed by atoms with Gasteiger partial charge in [-0.25, -0.2) is 0 Å². The Morgan fingerprint density at radius 3 is 2.48 bits per heavy atom. The molecule has 5 nitrogen and oxygen atoms in total. The van der Waals surface area contributed by atoms with Crippen molar-refractivity contribution < 1.29 is 4.79 Å². The van der Waals surface area contributed by atoms with Crippen LogP contribution in [-0.4, -0.2) is 52.5 Å². The molecule has 2 saturated heterocycles. The van der Waals surface area contributed by atoms with E-state index < -0.39 is 0 Å². The van der Waals surface area contributed by atoms with Crippen molar-refractivity contribution in [2.45, 2.75) is 57.5 Å². The molecule has 2 fully saturated rings. The highest BCUT2D eigenvalue weighted by Gasteiger charge is 2.27. The number of likely N-dealkylation sites (tertiary alicyclic amines) is 1. The van der Waals surface area contributed by atoms with E-state index in [-0.39, 0.29) is 29.0 Å². The molecule has 1 amide bonds. The van der Waals surface area contributed by atoms with E-state index in [2.05, 4.69) is 27.0 Å². The zero-order valence-electron chi connectivity index (χ0n) is 15.2. The molecule has 2 aliphatic rings. The number of carbonyl (C=O) groups excluding carboxylic acids is 1. The largest absolute Gasteiger partial charge is 0.349 e. The standard InChI is InChI=1S/C19H29N3O2S/c1-13(2)17-4-3-16(19(24)21-17)18(23)20-14-5-9-22(10-6-14)15-7-11-25-12-8-15/h3-4,13-15H,5-12H2,1-2H3,(H,20,23)(H,21,24). The van der Waals surface area contributed by atoms with E-state index in [9.17, 15) is 9.59 Å². The maximum absolute atomic E-state index is 12.5. The van der Waals surface area contributed by atoms with Crippen LogP contribution in [0.4, 0.5) is 0 Å². The summed E-state index contributed by atoms with van der Waals surface area (Å²) in [6.07, 6.45) is 4.52. The number of carbonyl (C=O) groups is 1. The lowest BCUT2D eigenvalue weighted by Crippen LogP contribution is -2.49. The van der Waals surface area contributed by atoms with Crippen molar-refractivity contribution >= 4 is 17.7 Å². The lowest BCUT2D eigenvalue weighted by atomic mass is 10.0. The highest BCUT2D eigenvalue weighted by atomic mass is 32.2. The van der Waals surface area contributed by atoms with Crippen LogP contribution in [0.1, 0.15) is 61.5 Å². The monoisotopic (exact) mass is 363 g/mol. The molecule has 25 heavy (non-hydrogen) atoms. The number of H-pyrrole nitrogens is 1. The number of thioether (sulfide) groups is 1. The van der Waals surface area contributed by atoms with Crippen LogP contribution in [0, 0.1) is 0 Å². The lowest BCUT2D eigenvalue weighted by Gasteiger charge is -2.39. The zero-order valence-corrected chi connectivity index (χ0v) is 16.0. The third-order valence-electron chi connectivity index (χ3n) is 5.37. The number of pyridine rings is 1. The van der Waals surface area contributed by atoms with Gasteiger partial charge in [-0.2, -0.15) is 11.8 Å². The summed E-state index contributed by atoms with van der Waals surface area (Å²) < 4.78 is 0. The number of aromatic nitrogens is 1. The summed E-state index contributed by atoms with van der Waals surface area (Å²) in [5.41, 5.74) is 0.789. The molecule has 0 radical (unpaired) electrons. The van der Waals surface area contributed by atoms with Gasteiger partial charge >= 0.3 is 0 Å². The summed E-state index contributed by atoms with van der Waals surface area (Å²) in [7, 11) is 0. The maximum Gasteiger partial charge on any atom is 0.261 e. The Labute approximate surface area is 154 Å². The molecule has 0 atom stereocenters. The highest BCUT2D eigenvalue weighted by molar-refractivity contribution is 7.99. The minimum absolute atomic E-state index is 0.172. The molecule has 1 aromatic rings. The third-order valence-corrected chi connectivity index (χ3v) is 6.42. The fourth-order valence-corrected chi connectivity index (χ4v) is 4.81. The average molecular weight is 364 g/mol. The van der Waals surface area contributed by atoms with E-state index in [1.807, 2.05) is 19.9 Å². The predicted octanol–water partition coefficient (Wildman–Crippen LogP) is 2.59. The van der Waals surface area contributed by atoms with Crippen LogP contribution >= 0.6 is 11.8 Å². The lowest BCUT2D eigenvalue weighted by molar-refractivity contribution is 0.0885. The molecule has 6 heteroatoms. The Balaban J connectivity index is 1.53. The van der Waals surface area contributed by atoms with E-state index in [0.717, 1.165) is 37.7 Å². The second-order valence-corrected chi connectivity index (χ2v) is 8.66. The van der Waals surface area contributed by atoms with Gasteiger partial charge in [-0.3, -0.25) is 9.59 Å². The van der Waals surface area contributed by atoms with Crippen molar-refractivity contribution in [2.75, 3.05) is 24.6 Å². The van der Waals surface area contributed by atoms with Crippen LogP contribution in [0.25, 0.3) is 0 Å². The average Bonchev–Trinajstić information content (AvgIpc) is 2.62. The van der Waals surface area contributed by atoms with E-state index in [1.54, 1.807) is 6.07 Å². The smallest absolute Gasteiger partial charge is 0.261 e. The quantitative estimate of drug-likeness (QED) is 0.863. The minimum atomic E-state index is -0.291. The minimum Gasteiger partial charge on any atom is -0.349 e. The van der Waals surface area contributed by atoms with Crippen LogP contribution < -0.4 is 10.9 Å². The molecule has 1 aromatic heterocycles. The molecular weight excluding hydrogens is 334 g/mol. The Morgan fingerprint density at radius 1 is 1.20 bits per heavy atom. The Bertz CT molecular complexity index is 644. The number of aromatic amines is 1. The van der Waals surface area contributed by atoms with Crippen LogP contribution in [0.2, 0.25) is 0 Å². The molecule has 0 saturated carbocycles. The number of hydrogen-bond donors (Lipinski definition) is 2. The van der Waals surface area contributed by atoms with Gasteiger partial charge in [0.2, 0.25) is 0 Å². The SMILES string of the molecule is CC(C)c1ccc(C(=O)NC2CCN(C3CCSCC3)CC2)c(=O)[nH]1. The van der Waals surface area contributed by atoms with E-state index in [4.69, 9.17) is 0 Å². The molecule has 2 aliphatic heterocycles. The van der Waals surface area contributed by atoms with Gasteiger partial charge in [0.15, 0.2) is 0 Å². The second-order valence-electron chi connectivity index (χ2n) is 7.44. The Hall–Kier alpha value is -1.27. The molecule has 0 spiro atoms. The molecule has 3 rings (SSSR count). The summed E-state index contributed by atoms with van der Waals surface area (Å²) in [6, 6.07) is 4.39. The summed E-state index contributed by atoms with van der Waals surface area (Å²) in [5.74, 6) is 2.55. The van der Waals surface area contributed by atoms with Crippen LogP contribution in [0.5, 0.6) is 0 Å². The van der Waals surface area contributed by atoms with Gasteiger partial charge in [0.25, 0.3) is 11.5 Å². The second kappa shape index (κ2) is 8.41. The Morgan fingerprint density at radius 2 is 1.88 bits per heavy atom. The first kappa shape index (κ1) is 18.5. The van der Waals surface area contributed by atoms with Crippen LogP contribution in [0.3, 0.4) is 0 Å². The number of piperidine rings is 1. The van der Waals surface area contributed by atoms with Gasteiger partial charge in [-0.15, -0.1) is 0 Å². The highest BCUT2D eigenvalue weighted by Crippen LogP contribution is 2.24. The molecular formula is C19H29N3O2S. The van der Waals surface area contributed by atoms with E-state index in [0.29, 0.717) is 0 Å². The molecule has 2 N–H and O–H groups in total. The third kappa shape index (κ3) is 4.67. The first-order valence-corrected chi connectivity index (χ1v) is 10.6. The summed E-state index contributed by atoms with van der Waals surface area (Å²) >= 11 is 2.06. The normalized spacial score (nSPS) is 20.8. The number of amides is 1. The molecule has 0 aromatic carbocycles. The Kier molecular flexibility index (Phi) is 6.23. The summed E-state index contributed by atoms with van der Waals surface area (Å²) in [5, 5.41) is 3.06. The maximum atomic E-state index is 12.5. The van der Waals surface area contributed by atoms with E-state index >= 15 is 0 Å². The van der Waals surface area contributed by atoms with Gasteiger partial charge in [-0.1, -0.05) is 13.8 Å². The molecule has 3 heterocycles. The predicted molar refractivity (Wildman–Crippen MR) is 104 cm³/mol. The van der Waals surface area contributed by atoms with Crippen molar-refractivity contribution in [2.24, 2.45) is 0 Å². The summed E-state index contributed by atoms with van der Waals surface area (Å²) in [4.78, 5) is 30.0. The zero-order chi connectivity index (χ0) is 17.8. The van der Waals surface area contributed by atoms with Gasteiger partial charge in [0, 0.05) is 30.9 Å². The first-order valence-electron chi connectivity index (χ1n) is 9.40. The first-order chi connectivity index (χ1) is 12.0. The van der Waals surface area contributed by atoms with Gasteiger partial charge in [0.1, 0.15) is 5.56 Å². The van der Waals surface area contributed by atoms with Gasteiger partial charge in [0.05, 0.1) is 0 Å². The number of nitrogens with zero attached hydrogens (tertiary/aromatic N) is 1. The fraction of sp³-hybridized carbons (Fsp3) is 0.684. The summed E-state index contributed by atoms with van der Waals surface area (Å²) in [6.45, 7) is 6.12. The van der Waals surface area contributed by atoms with Crippen molar-refractivity contribution in [3.63, 3.8) is 0 Å². The molecule has 0 bridgehead atoms. The fourth-order valence-electron chi connectivity index (χ4n) is 3.73. The van der Waals surface area contributed by atoms with Crippen molar-refractivity contribution in [1.82, 2.24) is 15.2 Å². The molecule has 138 valence electrons. The van der Waals surface area contributed by atoms with Crippen molar-refractivity contribution in [3.8, 4) is 0 Å². The topological polar surface area (TPSA) is 65.2 Å².